The highest BCUT2D eigenvalue weighted by molar-refractivity contribution is 6.06. The SMILES string of the molecule is Cc1oc(C)c(C(=O)Nc2ccc(NC(N)=O)cc2)c1C. The van der Waals surface area contributed by atoms with Crippen molar-refractivity contribution in [1.29, 1.82) is 0 Å². The summed E-state index contributed by atoms with van der Waals surface area (Å²) in [5, 5.41) is 5.24. The van der Waals surface area contributed by atoms with Gasteiger partial charge in [0, 0.05) is 16.9 Å². The van der Waals surface area contributed by atoms with Crippen molar-refractivity contribution in [3.63, 3.8) is 0 Å². The third-order valence-electron chi connectivity index (χ3n) is 3.20. The Bertz CT molecular complexity index is 687. The lowest BCUT2D eigenvalue weighted by Crippen LogP contribution is -2.19. The molecule has 1 aromatic carbocycles. The fourth-order valence-corrected chi connectivity index (χ4v) is 2.10. The van der Waals surface area contributed by atoms with Crippen molar-refractivity contribution in [2.75, 3.05) is 10.6 Å². The second-order valence-electron chi connectivity index (χ2n) is 4.74. The number of primary amides is 1. The molecule has 1 heterocycles. The fourth-order valence-electron chi connectivity index (χ4n) is 2.10. The second-order valence-corrected chi connectivity index (χ2v) is 4.74. The van der Waals surface area contributed by atoms with Gasteiger partial charge in [0.05, 0.1) is 5.56 Å². The maximum atomic E-state index is 12.3. The minimum atomic E-state index is -0.632. The molecule has 0 spiro atoms. The summed E-state index contributed by atoms with van der Waals surface area (Å²) in [6.07, 6.45) is 0. The van der Waals surface area contributed by atoms with Gasteiger partial charge in [-0.1, -0.05) is 0 Å². The monoisotopic (exact) mass is 287 g/mol. The minimum Gasteiger partial charge on any atom is -0.466 e. The summed E-state index contributed by atoms with van der Waals surface area (Å²) >= 11 is 0. The summed E-state index contributed by atoms with van der Waals surface area (Å²) in [5.41, 5.74) is 7.58. The number of carbonyl (C=O) groups is 2. The molecule has 2 rings (SSSR count). The molecule has 0 bridgehead atoms. The summed E-state index contributed by atoms with van der Waals surface area (Å²) in [7, 11) is 0. The van der Waals surface area contributed by atoms with Crippen molar-refractivity contribution in [3.8, 4) is 0 Å². The molecule has 0 aliphatic heterocycles. The number of aryl methyl sites for hydroxylation is 2. The maximum absolute atomic E-state index is 12.3. The van der Waals surface area contributed by atoms with Crippen LogP contribution in [0.25, 0.3) is 0 Å². The Labute approximate surface area is 122 Å². The number of nitrogens with two attached hydrogens (primary N) is 1. The summed E-state index contributed by atoms with van der Waals surface area (Å²) < 4.78 is 5.44. The number of hydrogen-bond acceptors (Lipinski definition) is 3. The van der Waals surface area contributed by atoms with E-state index in [1.165, 1.54) is 0 Å². The summed E-state index contributed by atoms with van der Waals surface area (Å²) in [6, 6.07) is 6.04. The highest BCUT2D eigenvalue weighted by Gasteiger charge is 2.18. The molecule has 0 saturated heterocycles. The number of anilines is 2. The van der Waals surface area contributed by atoms with Crippen LogP contribution in [0.1, 0.15) is 27.4 Å². The van der Waals surface area contributed by atoms with E-state index in [9.17, 15) is 9.59 Å². The number of amides is 3. The molecule has 21 heavy (non-hydrogen) atoms. The summed E-state index contributed by atoms with van der Waals surface area (Å²) in [6.45, 7) is 5.43. The fraction of sp³-hybridized carbons (Fsp3) is 0.200. The molecule has 0 aliphatic carbocycles. The zero-order chi connectivity index (χ0) is 15.6. The largest absolute Gasteiger partial charge is 0.466 e. The smallest absolute Gasteiger partial charge is 0.316 e. The van der Waals surface area contributed by atoms with Crippen LogP contribution in [0.4, 0.5) is 16.2 Å². The van der Waals surface area contributed by atoms with E-state index in [4.69, 9.17) is 10.2 Å². The molecular formula is C15H17N3O3. The first-order chi connectivity index (χ1) is 9.88. The summed E-state index contributed by atoms with van der Waals surface area (Å²) in [4.78, 5) is 23.0. The molecule has 0 atom stereocenters. The molecule has 0 radical (unpaired) electrons. The molecule has 0 saturated carbocycles. The quantitative estimate of drug-likeness (QED) is 0.809. The number of benzene rings is 1. The van der Waals surface area contributed by atoms with Crippen LogP contribution in [0, 0.1) is 20.8 Å². The zero-order valence-corrected chi connectivity index (χ0v) is 12.1. The molecule has 6 nitrogen and oxygen atoms in total. The van der Waals surface area contributed by atoms with E-state index >= 15 is 0 Å². The van der Waals surface area contributed by atoms with Crippen molar-refractivity contribution in [2.24, 2.45) is 5.73 Å². The van der Waals surface area contributed by atoms with Crippen molar-refractivity contribution >= 4 is 23.3 Å². The van der Waals surface area contributed by atoms with Gasteiger partial charge in [-0.15, -0.1) is 0 Å². The van der Waals surface area contributed by atoms with Crippen LogP contribution in [-0.4, -0.2) is 11.9 Å². The maximum Gasteiger partial charge on any atom is 0.316 e. The average Bonchev–Trinajstić information content (AvgIpc) is 2.65. The molecular weight excluding hydrogens is 270 g/mol. The number of carbonyl (C=O) groups excluding carboxylic acids is 2. The molecule has 110 valence electrons. The van der Waals surface area contributed by atoms with Gasteiger partial charge in [-0.3, -0.25) is 4.79 Å². The van der Waals surface area contributed by atoms with E-state index in [0.717, 1.165) is 11.3 Å². The van der Waals surface area contributed by atoms with Crippen molar-refractivity contribution < 1.29 is 14.0 Å². The van der Waals surface area contributed by atoms with Crippen LogP contribution in [0.15, 0.2) is 28.7 Å². The molecule has 1 aromatic heterocycles. The zero-order valence-electron chi connectivity index (χ0n) is 12.1. The van der Waals surface area contributed by atoms with Gasteiger partial charge in [0.2, 0.25) is 0 Å². The number of urea groups is 1. The molecule has 6 heteroatoms. The third-order valence-corrected chi connectivity index (χ3v) is 3.20. The Morgan fingerprint density at radius 2 is 1.48 bits per heavy atom. The van der Waals surface area contributed by atoms with Gasteiger partial charge in [0.25, 0.3) is 5.91 Å². The van der Waals surface area contributed by atoms with Crippen molar-refractivity contribution in [1.82, 2.24) is 0 Å². The predicted octanol–water partition coefficient (Wildman–Crippen LogP) is 2.95. The predicted molar refractivity (Wildman–Crippen MR) is 80.5 cm³/mol. The Morgan fingerprint density at radius 3 is 1.90 bits per heavy atom. The van der Waals surface area contributed by atoms with Gasteiger partial charge in [-0.25, -0.2) is 4.79 Å². The van der Waals surface area contributed by atoms with Crippen LogP contribution < -0.4 is 16.4 Å². The van der Waals surface area contributed by atoms with Crippen LogP contribution >= 0.6 is 0 Å². The van der Waals surface area contributed by atoms with Gasteiger partial charge in [-0.05, 0) is 45.0 Å². The number of nitrogens with one attached hydrogen (secondary N) is 2. The Hall–Kier alpha value is -2.76. The lowest BCUT2D eigenvalue weighted by atomic mass is 10.1. The normalized spacial score (nSPS) is 10.2. The molecule has 0 aliphatic rings. The van der Waals surface area contributed by atoms with Gasteiger partial charge in [0.1, 0.15) is 11.5 Å². The number of rotatable bonds is 3. The lowest BCUT2D eigenvalue weighted by molar-refractivity contribution is 0.102. The molecule has 0 fully saturated rings. The first-order valence-corrected chi connectivity index (χ1v) is 6.43. The highest BCUT2D eigenvalue weighted by atomic mass is 16.3. The van der Waals surface area contributed by atoms with E-state index in [1.54, 1.807) is 31.2 Å². The van der Waals surface area contributed by atoms with Crippen LogP contribution in [0.3, 0.4) is 0 Å². The molecule has 4 N–H and O–H groups in total. The van der Waals surface area contributed by atoms with Crippen LogP contribution in [0.2, 0.25) is 0 Å². The lowest BCUT2D eigenvalue weighted by Gasteiger charge is -2.07. The average molecular weight is 287 g/mol. The molecule has 0 unspecified atom stereocenters. The first kappa shape index (κ1) is 14.6. The van der Waals surface area contributed by atoms with E-state index < -0.39 is 6.03 Å². The topological polar surface area (TPSA) is 97.4 Å². The van der Waals surface area contributed by atoms with Crippen LogP contribution in [0.5, 0.6) is 0 Å². The molecule has 2 aromatic rings. The highest BCUT2D eigenvalue weighted by Crippen LogP contribution is 2.22. The van der Waals surface area contributed by atoms with Gasteiger partial charge < -0.3 is 20.8 Å². The third kappa shape index (κ3) is 3.22. The van der Waals surface area contributed by atoms with E-state index in [-0.39, 0.29) is 5.91 Å². The van der Waals surface area contributed by atoms with Gasteiger partial charge in [0.15, 0.2) is 0 Å². The van der Waals surface area contributed by atoms with Crippen LogP contribution in [-0.2, 0) is 0 Å². The summed E-state index contributed by atoms with van der Waals surface area (Å²) in [5.74, 6) is 1.10. The van der Waals surface area contributed by atoms with E-state index in [2.05, 4.69) is 10.6 Å². The van der Waals surface area contributed by atoms with Gasteiger partial charge in [-0.2, -0.15) is 0 Å². The standard InChI is InChI=1S/C15H17N3O3/c1-8-9(2)21-10(3)13(8)14(19)17-11-4-6-12(7-5-11)18-15(16)20/h4-7H,1-3H3,(H,17,19)(H3,16,18,20). The minimum absolute atomic E-state index is 0.225. The first-order valence-electron chi connectivity index (χ1n) is 6.43. The second kappa shape index (κ2) is 5.70. The molecule has 3 amide bonds. The number of furan rings is 1. The van der Waals surface area contributed by atoms with Gasteiger partial charge >= 0.3 is 6.03 Å². The van der Waals surface area contributed by atoms with E-state index in [0.29, 0.717) is 22.7 Å². The number of hydrogen-bond donors (Lipinski definition) is 3. The van der Waals surface area contributed by atoms with E-state index in [1.807, 2.05) is 13.8 Å². The van der Waals surface area contributed by atoms with Crippen molar-refractivity contribution in [3.05, 3.63) is 46.9 Å². The van der Waals surface area contributed by atoms with Crippen molar-refractivity contribution in [2.45, 2.75) is 20.8 Å². The Kier molecular flexibility index (Phi) is 3.98. The Morgan fingerprint density at radius 1 is 0.952 bits per heavy atom. The Balaban J connectivity index is 2.14.